The van der Waals surface area contributed by atoms with Crippen LogP contribution in [0.4, 0.5) is 0 Å². The minimum Gasteiger partial charge on any atom is -0.347 e. The summed E-state index contributed by atoms with van der Waals surface area (Å²) in [5.74, 6) is -0.319. The highest BCUT2D eigenvalue weighted by molar-refractivity contribution is 7.10. The number of nitrogens with zero attached hydrogens (tertiary/aromatic N) is 5. The summed E-state index contributed by atoms with van der Waals surface area (Å²) in [7, 11) is 0. The van der Waals surface area contributed by atoms with Crippen molar-refractivity contribution in [3.05, 3.63) is 85.5 Å². The normalized spacial score (nSPS) is 14.6. The molecule has 1 atom stereocenters. The highest BCUT2D eigenvalue weighted by Crippen LogP contribution is 2.32. The summed E-state index contributed by atoms with van der Waals surface area (Å²) in [5.41, 5.74) is 3.44. The fraction of sp³-hybridized carbons (Fsp3) is 0.292. The number of aromatic amines is 1. The lowest BCUT2D eigenvalue weighted by atomic mass is 10.1. The lowest BCUT2D eigenvalue weighted by Crippen LogP contribution is -2.29. The fourth-order valence-corrected chi connectivity index (χ4v) is 5.08. The van der Waals surface area contributed by atoms with Crippen LogP contribution >= 0.6 is 11.3 Å². The highest BCUT2D eigenvalue weighted by Gasteiger charge is 2.26. The minimum atomic E-state index is -0.419. The zero-order valence-corrected chi connectivity index (χ0v) is 20.5. The van der Waals surface area contributed by atoms with Crippen molar-refractivity contribution < 1.29 is 9.59 Å². The molecule has 184 valence electrons. The number of benzene rings is 1. The van der Waals surface area contributed by atoms with Crippen molar-refractivity contribution in [2.24, 2.45) is 0 Å². The van der Waals surface area contributed by atoms with E-state index in [9.17, 15) is 14.4 Å². The zero-order chi connectivity index (χ0) is 25.2. The number of hydrogen-bond acceptors (Lipinski definition) is 8. The van der Waals surface area contributed by atoms with Crippen LogP contribution in [0.2, 0.25) is 0 Å². The van der Waals surface area contributed by atoms with Gasteiger partial charge < -0.3 is 10.6 Å². The molecule has 0 bridgehead atoms. The van der Waals surface area contributed by atoms with Gasteiger partial charge in [0.25, 0.3) is 11.8 Å². The molecule has 0 aliphatic heterocycles. The summed E-state index contributed by atoms with van der Waals surface area (Å²) >= 11 is 1.67. The van der Waals surface area contributed by atoms with E-state index in [1.54, 1.807) is 17.4 Å². The molecule has 1 aromatic carbocycles. The Kier molecular flexibility index (Phi) is 6.42. The molecule has 11 nitrogen and oxygen atoms in total. The van der Waals surface area contributed by atoms with Crippen LogP contribution < -0.4 is 16.3 Å². The summed E-state index contributed by atoms with van der Waals surface area (Å²) in [6.45, 7) is 4.64. The Morgan fingerprint density at radius 1 is 1.17 bits per heavy atom. The lowest BCUT2D eigenvalue weighted by Gasteiger charge is -2.14. The number of thiophene rings is 1. The van der Waals surface area contributed by atoms with E-state index >= 15 is 0 Å². The van der Waals surface area contributed by atoms with Gasteiger partial charge in [-0.3, -0.25) is 9.59 Å². The van der Waals surface area contributed by atoms with Crippen molar-refractivity contribution in [1.29, 1.82) is 0 Å². The molecule has 2 amide bonds. The van der Waals surface area contributed by atoms with E-state index in [1.165, 1.54) is 22.0 Å². The average Bonchev–Trinajstić information content (AvgIpc) is 3.62. The maximum Gasteiger partial charge on any atom is 0.365 e. The van der Waals surface area contributed by atoms with Gasteiger partial charge in [0.05, 0.1) is 11.7 Å². The number of hydrogen-bond donors (Lipinski definition) is 3. The Morgan fingerprint density at radius 3 is 2.69 bits per heavy atom. The Morgan fingerprint density at radius 2 is 1.97 bits per heavy atom. The third-order valence-corrected chi connectivity index (χ3v) is 7.34. The lowest BCUT2D eigenvalue weighted by molar-refractivity contribution is 0.0931. The molecule has 1 aliphatic carbocycles. The topological polar surface area (TPSA) is 148 Å². The molecule has 3 N–H and O–H groups in total. The summed E-state index contributed by atoms with van der Waals surface area (Å²) in [6.07, 6.45) is 2.66. The maximum absolute atomic E-state index is 12.9. The number of aromatic nitrogens is 6. The summed E-state index contributed by atoms with van der Waals surface area (Å²) < 4.78 is 1.18. The predicted molar refractivity (Wildman–Crippen MR) is 132 cm³/mol. The first-order valence-corrected chi connectivity index (χ1v) is 12.4. The molecule has 0 radical (unpaired) electrons. The van der Waals surface area contributed by atoms with E-state index in [0.29, 0.717) is 24.6 Å². The van der Waals surface area contributed by atoms with Crippen LogP contribution in [0.15, 0.2) is 46.8 Å². The highest BCUT2D eigenvalue weighted by atomic mass is 32.1. The molecule has 0 unspecified atom stereocenters. The van der Waals surface area contributed by atoms with Crippen molar-refractivity contribution >= 4 is 23.2 Å². The number of aryl methyl sites for hydroxylation is 1. The van der Waals surface area contributed by atoms with Crippen LogP contribution in [-0.2, 0) is 13.0 Å². The molecule has 36 heavy (non-hydrogen) atoms. The molecule has 12 heteroatoms. The third-order valence-electron chi connectivity index (χ3n) is 6.05. The smallest absolute Gasteiger partial charge is 0.347 e. The minimum absolute atomic E-state index is 0.118. The standard InChI is InChI=1S/C24H24N8O3S/c1-13(2)21-7-14(11-36-21)10-25-22(33)19-9-20(27-12-26-19)23(34)28-18-6-3-15-8-16(4-5-17(15)18)32-24(35)29-30-31-32/h4-5,7-9,11-13,18H,3,6,10H2,1-2H3,(H,25,33)(H,28,34)(H,29,31,35)/t18-/m0/s1. The van der Waals surface area contributed by atoms with E-state index in [0.717, 1.165) is 23.1 Å². The molecule has 3 aromatic heterocycles. The van der Waals surface area contributed by atoms with Crippen LogP contribution in [0.1, 0.15) is 74.8 Å². The van der Waals surface area contributed by atoms with E-state index in [4.69, 9.17) is 0 Å². The van der Waals surface area contributed by atoms with Crippen LogP contribution in [0.5, 0.6) is 0 Å². The van der Waals surface area contributed by atoms with Gasteiger partial charge in [0, 0.05) is 17.5 Å². The van der Waals surface area contributed by atoms with Crippen LogP contribution in [0.25, 0.3) is 5.69 Å². The first-order valence-electron chi connectivity index (χ1n) is 11.5. The second-order valence-electron chi connectivity index (χ2n) is 8.85. The maximum atomic E-state index is 12.9. The third kappa shape index (κ3) is 4.80. The molecule has 4 aromatic rings. The van der Waals surface area contributed by atoms with Gasteiger partial charge >= 0.3 is 5.69 Å². The Balaban J connectivity index is 1.24. The van der Waals surface area contributed by atoms with Gasteiger partial charge in [-0.2, -0.15) is 4.68 Å². The number of nitrogens with one attached hydrogen (secondary N) is 3. The van der Waals surface area contributed by atoms with E-state index in [2.05, 4.69) is 56.0 Å². The second-order valence-corrected chi connectivity index (χ2v) is 9.79. The number of H-pyrrole nitrogens is 1. The van der Waals surface area contributed by atoms with Crippen molar-refractivity contribution in [2.75, 3.05) is 0 Å². The Hall–Kier alpha value is -4.19. The van der Waals surface area contributed by atoms with Crippen molar-refractivity contribution in [2.45, 2.75) is 45.2 Å². The molecule has 0 saturated carbocycles. The monoisotopic (exact) mass is 504 g/mol. The second kappa shape index (κ2) is 9.82. The summed E-state index contributed by atoms with van der Waals surface area (Å²) in [4.78, 5) is 46.7. The summed E-state index contributed by atoms with van der Waals surface area (Å²) in [5, 5.41) is 17.4. The van der Waals surface area contributed by atoms with Crippen molar-refractivity contribution in [3.8, 4) is 5.69 Å². The summed E-state index contributed by atoms with van der Waals surface area (Å²) in [6, 6.07) is 8.78. The number of tetrazole rings is 1. The van der Waals surface area contributed by atoms with E-state index in [-0.39, 0.29) is 29.2 Å². The van der Waals surface area contributed by atoms with Crippen LogP contribution in [0.3, 0.4) is 0 Å². The molecule has 5 rings (SSSR count). The number of carbonyl (C=O) groups is 2. The Labute approximate surface area is 210 Å². The van der Waals surface area contributed by atoms with E-state index in [1.807, 2.05) is 17.5 Å². The number of amides is 2. The van der Waals surface area contributed by atoms with Crippen molar-refractivity contribution in [3.63, 3.8) is 0 Å². The van der Waals surface area contributed by atoms with Crippen LogP contribution in [0, 0.1) is 0 Å². The van der Waals surface area contributed by atoms with E-state index < -0.39 is 5.69 Å². The van der Waals surface area contributed by atoms with Gasteiger partial charge in [-0.1, -0.05) is 19.9 Å². The zero-order valence-electron chi connectivity index (χ0n) is 19.7. The first-order chi connectivity index (χ1) is 17.4. The van der Waals surface area contributed by atoms with Crippen LogP contribution in [-0.4, -0.2) is 42.0 Å². The predicted octanol–water partition coefficient (Wildman–Crippen LogP) is 2.28. The fourth-order valence-electron chi connectivity index (χ4n) is 4.15. The Bertz CT molecular complexity index is 1490. The van der Waals surface area contributed by atoms with Gasteiger partial charge in [-0.05, 0) is 69.5 Å². The van der Waals surface area contributed by atoms with Gasteiger partial charge in [0.2, 0.25) is 0 Å². The quantitative estimate of drug-likeness (QED) is 0.350. The SMILES string of the molecule is CC(C)c1cc(CNC(=O)c2cc(C(=O)N[C@H]3CCc4cc(-n5nn[nH]c5=O)ccc43)ncn2)cs1. The molecule has 0 saturated heterocycles. The largest absolute Gasteiger partial charge is 0.365 e. The van der Waals surface area contributed by atoms with Gasteiger partial charge in [-0.15, -0.1) is 11.3 Å². The molecule has 0 spiro atoms. The molecular weight excluding hydrogens is 480 g/mol. The van der Waals surface area contributed by atoms with Crippen molar-refractivity contribution in [1.82, 2.24) is 40.8 Å². The first kappa shape index (κ1) is 23.5. The average molecular weight is 505 g/mol. The molecule has 0 fully saturated rings. The number of fused-ring (bicyclic) bond motifs is 1. The number of rotatable bonds is 7. The van der Waals surface area contributed by atoms with Gasteiger partial charge in [0.1, 0.15) is 17.7 Å². The van der Waals surface area contributed by atoms with Gasteiger partial charge in [-0.25, -0.2) is 19.9 Å². The number of carbonyl (C=O) groups excluding carboxylic acids is 2. The molecular formula is C24H24N8O3S. The molecule has 3 heterocycles. The van der Waals surface area contributed by atoms with Gasteiger partial charge in [0.15, 0.2) is 0 Å². The molecule has 1 aliphatic rings.